The van der Waals surface area contributed by atoms with Crippen molar-refractivity contribution in [3.63, 3.8) is 0 Å². The quantitative estimate of drug-likeness (QED) is 0.473. The Hall–Kier alpha value is -3.61. The number of nitrogens with one attached hydrogen (secondary N) is 1. The molecule has 2 aromatic heterocycles. The van der Waals surface area contributed by atoms with E-state index in [0.29, 0.717) is 47.3 Å². The summed E-state index contributed by atoms with van der Waals surface area (Å²) in [6.45, 7) is 8.63. The summed E-state index contributed by atoms with van der Waals surface area (Å²) >= 11 is 0. The number of carbonyl (C=O) groups excluding carboxylic acids is 1. The number of amides is 1. The summed E-state index contributed by atoms with van der Waals surface area (Å²) in [6.07, 6.45) is -0.837. The molecule has 0 radical (unpaired) electrons. The van der Waals surface area contributed by atoms with E-state index in [2.05, 4.69) is 15.3 Å². The molecule has 3 fully saturated rings. The molecule has 1 amide bonds. The summed E-state index contributed by atoms with van der Waals surface area (Å²) in [5.74, 6) is -0.463. The molecule has 5 heterocycles. The van der Waals surface area contributed by atoms with Crippen LogP contribution in [0.25, 0.3) is 22.2 Å². The van der Waals surface area contributed by atoms with Crippen LogP contribution in [0.2, 0.25) is 0 Å². The van der Waals surface area contributed by atoms with Gasteiger partial charge < -0.3 is 29.2 Å². The molecular formula is C28H32FN5O6. The van der Waals surface area contributed by atoms with Gasteiger partial charge in [0.1, 0.15) is 17.9 Å². The Balaban J connectivity index is 1.40. The van der Waals surface area contributed by atoms with Crippen molar-refractivity contribution < 1.29 is 28.5 Å². The third kappa shape index (κ3) is 4.59. The highest BCUT2D eigenvalue weighted by Crippen LogP contribution is 2.31. The van der Waals surface area contributed by atoms with Crippen molar-refractivity contribution in [3.8, 4) is 11.3 Å². The monoisotopic (exact) mass is 553 g/mol. The number of aliphatic hydroxyl groups is 1. The van der Waals surface area contributed by atoms with E-state index in [1.807, 2.05) is 25.3 Å². The average Bonchev–Trinajstić information content (AvgIpc) is 3.48. The molecule has 0 spiro atoms. The molecule has 3 aromatic rings. The van der Waals surface area contributed by atoms with E-state index in [1.165, 1.54) is 0 Å². The van der Waals surface area contributed by atoms with Crippen molar-refractivity contribution in [1.82, 2.24) is 19.4 Å². The topological polar surface area (TPSA) is 128 Å². The molecule has 12 heteroatoms. The Morgan fingerprint density at radius 3 is 2.80 bits per heavy atom. The number of rotatable bonds is 6. The summed E-state index contributed by atoms with van der Waals surface area (Å²) in [6, 6.07) is 4.61. The van der Waals surface area contributed by atoms with Gasteiger partial charge in [-0.2, -0.15) is 0 Å². The summed E-state index contributed by atoms with van der Waals surface area (Å²) in [7, 11) is 0. The molecule has 1 aromatic carbocycles. The van der Waals surface area contributed by atoms with Crippen LogP contribution < -0.4 is 10.7 Å². The maximum Gasteiger partial charge on any atom is 0.410 e. The van der Waals surface area contributed by atoms with Crippen molar-refractivity contribution in [2.24, 2.45) is 0 Å². The number of carbonyl (C=O) groups is 1. The van der Waals surface area contributed by atoms with E-state index in [9.17, 15) is 14.7 Å². The Morgan fingerprint density at radius 2 is 2.08 bits per heavy atom. The summed E-state index contributed by atoms with van der Waals surface area (Å²) in [4.78, 5) is 35.9. The second-order valence-electron chi connectivity index (χ2n) is 11.0. The molecule has 0 aliphatic carbocycles. The van der Waals surface area contributed by atoms with Crippen molar-refractivity contribution in [2.45, 2.75) is 77.3 Å². The van der Waals surface area contributed by atoms with Crippen LogP contribution in [-0.2, 0) is 20.8 Å². The van der Waals surface area contributed by atoms with Gasteiger partial charge in [-0.1, -0.05) is 6.07 Å². The van der Waals surface area contributed by atoms with Crippen molar-refractivity contribution in [3.05, 3.63) is 51.7 Å². The Labute approximate surface area is 229 Å². The number of benzene rings is 1. The zero-order valence-corrected chi connectivity index (χ0v) is 22.8. The molecule has 0 saturated carbocycles. The Bertz CT molecular complexity index is 1540. The molecule has 40 heavy (non-hydrogen) atoms. The number of aromatic nitrogens is 3. The first-order valence-corrected chi connectivity index (χ1v) is 13.5. The minimum atomic E-state index is -0.922. The van der Waals surface area contributed by atoms with Gasteiger partial charge in [0.15, 0.2) is 17.5 Å². The van der Waals surface area contributed by atoms with E-state index in [1.54, 1.807) is 30.0 Å². The minimum Gasteiger partial charge on any atom is -0.444 e. The van der Waals surface area contributed by atoms with Crippen LogP contribution in [0.15, 0.2) is 29.2 Å². The first kappa shape index (κ1) is 26.6. The van der Waals surface area contributed by atoms with Crippen LogP contribution in [0, 0.1) is 12.7 Å². The van der Waals surface area contributed by atoms with Gasteiger partial charge in [-0.05, 0) is 46.2 Å². The van der Waals surface area contributed by atoms with Crippen molar-refractivity contribution in [1.29, 1.82) is 0 Å². The van der Waals surface area contributed by atoms with E-state index >= 15 is 4.39 Å². The van der Waals surface area contributed by atoms with Crippen LogP contribution in [0.3, 0.4) is 0 Å². The maximum absolute atomic E-state index is 15.1. The summed E-state index contributed by atoms with van der Waals surface area (Å²) in [5, 5.41) is 14.2. The smallest absolute Gasteiger partial charge is 0.410 e. The fourth-order valence-electron chi connectivity index (χ4n) is 5.83. The highest BCUT2D eigenvalue weighted by molar-refractivity contribution is 5.85. The second kappa shape index (κ2) is 10.1. The van der Waals surface area contributed by atoms with Crippen LogP contribution in [-0.4, -0.2) is 74.4 Å². The lowest BCUT2D eigenvalue weighted by atomic mass is 10.0. The Morgan fingerprint density at radius 1 is 1.27 bits per heavy atom. The molecule has 6 rings (SSSR count). The van der Waals surface area contributed by atoms with Gasteiger partial charge in [0.05, 0.1) is 43.6 Å². The van der Waals surface area contributed by atoms with Crippen LogP contribution in [0.1, 0.15) is 44.5 Å². The molecule has 3 saturated heterocycles. The highest BCUT2D eigenvalue weighted by Gasteiger charge is 2.43. The number of anilines is 1. The maximum atomic E-state index is 15.1. The van der Waals surface area contributed by atoms with E-state index < -0.39 is 30.3 Å². The standard InChI is InChI=1S/C28H32FN5O6/c1-13(2)34-21-7-16(5-6-18(21)24(35)15(4)22(34)11-33-10-14(3)39-28(33)37)23-19(29)9-30-27(32-23)31-20-8-17-12-38-26(40-17)25(20)36/h5-7,9,13-14,17,20,25-26,36H,8,10-12H2,1-4H3,(H,30,31,32)/t14-,17-,20+,25-,26+/m0/s1. The number of hydrogen-bond donors (Lipinski definition) is 2. The van der Waals surface area contributed by atoms with E-state index in [4.69, 9.17) is 14.2 Å². The van der Waals surface area contributed by atoms with Gasteiger partial charge in [-0.3, -0.25) is 9.69 Å². The lowest BCUT2D eigenvalue weighted by Crippen LogP contribution is -2.48. The van der Waals surface area contributed by atoms with Crippen molar-refractivity contribution >= 4 is 22.9 Å². The minimum absolute atomic E-state index is 0.0574. The van der Waals surface area contributed by atoms with Crippen LogP contribution >= 0.6 is 0 Å². The molecular weight excluding hydrogens is 521 g/mol. The normalized spacial score (nSPS) is 26.1. The molecule has 212 valence electrons. The largest absolute Gasteiger partial charge is 0.444 e. The van der Waals surface area contributed by atoms with Gasteiger partial charge in [0, 0.05) is 28.2 Å². The number of cyclic esters (lactones) is 1. The summed E-state index contributed by atoms with van der Waals surface area (Å²) < 4.78 is 33.4. The SMILES string of the molecule is Cc1c(CN2C[C@H](C)OC2=O)n(C(C)C)c2cc(-c3nc(N[C@@H]4C[C@H]5CO[C@H](O5)[C@H]4O)ncc3F)ccc2c1=O. The lowest BCUT2D eigenvalue weighted by molar-refractivity contribution is -0.156. The number of nitrogens with zero attached hydrogens (tertiary/aromatic N) is 4. The number of aliphatic hydroxyl groups excluding tert-OH is 1. The average molecular weight is 554 g/mol. The molecule has 0 unspecified atom stereocenters. The first-order valence-electron chi connectivity index (χ1n) is 13.5. The number of halogens is 1. The van der Waals surface area contributed by atoms with Crippen LogP contribution in [0.5, 0.6) is 0 Å². The van der Waals surface area contributed by atoms with Gasteiger partial charge >= 0.3 is 6.09 Å². The first-order chi connectivity index (χ1) is 19.1. The predicted molar refractivity (Wildman–Crippen MR) is 143 cm³/mol. The lowest BCUT2D eigenvalue weighted by Gasteiger charge is -2.32. The molecule has 5 atom stereocenters. The zero-order chi connectivity index (χ0) is 28.3. The number of pyridine rings is 1. The van der Waals surface area contributed by atoms with Gasteiger partial charge in [0.2, 0.25) is 5.95 Å². The highest BCUT2D eigenvalue weighted by atomic mass is 19.1. The predicted octanol–water partition coefficient (Wildman–Crippen LogP) is 3.11. The third-order valence-electron chi connectivity index (χ3n) is 7.77. The van der Waals surface area contributed by atoms with Gasteiger partial charge in [-0.25, -0.2) is 19.2 Å². The van der Waals surface area contributed by atoms with Gasteiger partial charge in [0.25, 0.3) is 0 Å². The number of fused-ring (bicyclic) bond motifs is 3. The van der Waals surface area contributed by atoms with Crippen LogP contribution in [0.4, 0.5) is 15.1 Å². The molecule has 2 N–H and O–H groups in total. The molecule has 3 aliphatic heterocycles. The Kier molecular flexibility index (Phi) is 6.71. The van der Waals surface area contributed by atoms with E-state index in [-0.39, 0.29) is 41.9 Å². The molecule has 2 bridgehead atoms. The van der Waals surface area contributed by atoms with E-state index in [0.717, 1.165) is 6.20 Å². The van der Waals surface area contributed by atoms with Crippen molar-refractivity contribution in [2.75, 3.05) is 18.5 Å². The zero-order valence-electron chi connectivity index (χ0n) is 22.8. The third-order valence-corrected chi connectivity index (χ3v) is 7.77. The number of hydrogen-bond acceptors (Lipinski definition) is 9. The summed E-state index contributed by atoms with van der Waals surface area (Å²) in [5.41, 5.74) is 2.23. The number of ether oxygens (including phenoxy) is 3. The molecule has 3 aliphatic rings. The fraction of sp³-hybridized carbons (Fsp3) is 0.500. The fourth-order valence-corrected chi connectivity index (χ4v) is 5.83. The van der Waals surface area contributed by atoms with Gasteiger partial charge in [-0.15, -0.1) is 0 Å². The second-order valence-corrected chi connectivity index (χ2v) is 11.0. The molecule has 11 nitrogen and oxygen atoms in total.